The molecule has 14 heavy (non-hydrogen) atoms. The van der Waals surface area contributed by atoms with Crippen LogP contribution in [0.4, 0.5) is 4.39 Å². The predicted octanol–water partition coefficient (Wildman–Crippen LogP) is 0.938. The molecule has 0 aliphatic heterocycles. The minimum absolute atomic E-state index is 0.0312. The Morgan fingerprint density at radius 1 is 1.50 bits per heavy atom. The molecule has 0 bridgehead atoms. The molecule has 0 fully saturated rings. The summed E-state index contributed by atoms with van der Waals surface area (Å²) in [6, 6.07) is 5.48. The van der Waals surface area contributed by atoms with E-state index in [0.29, 0.717) is 18.5 Å². The highest BCUT2D eigenvalue weighted by Gasteiger charge is 2.04. The fourth-order valence-corrected chi connectivity index (χ4v) is 1.01. The lowest BCUT2D eigenvalue weighted by molar-refractivity contribution is 0.0950. The Morgan fingerprint density at radius 3 is 2.93 bits per heavy atom. The molecule has 1 amide bonds. The molecule has 76 valence electrons. The normalized spacial score (nSPS) is 9.86. The zero-order valence-electron chi connectivity index (χ0n) is 7.66. The zero-order chi connectivity index (χ0) is 10.4. The van der Waals surface area contributed by atoms with E-state index in [1.165, 1.54) is 24.3 Å². The first-order chi connectivity index (χ1) is 6.74. The number of aliphatic hydroxyl groups excluding tert-OH is 1. The van der Waals surface area contributed by atoms with Crippen LogP contribution in [0.5, 0.6) is 0 Å². The van der Waals surface area contributed by atoms with Crippen LogP contribution >= 0.6 is 0 Å². The van der Waals surface area contributed by atoms with Crippen LogP contribution in [0.25, 0.3) is 0 Å². The summed E-state index contributed by atoms with van der Waals surface area (Å²) >= 11 is 0. The molecule has 0 saturated heterocycles. The lowest BCUT2D eigenvalue weighted by atomic mass is 10.2. The third kappa shape index (κ3) is 3.14. The van der Waals surface area contributed by atoms with Gasteiger partial charge in [-0.25, -0.2) is 4.39 Å². The fraction of sp³-hybridized carbons (Fsp3) is 0.300. The van der Waals surface area contributed by atoms with Crippen LogP contribution in [0.15, 0.2) is 24.3 Å². The molecule has 0 saturated carbocycles. The van der Waals surface area contributed by atoms with Gasteiger partial charge in [-0.3, -0.25) is 4.79 Å². The first kappa shape index (κ1) is 10.7. The molecular weight excluding hydrogens is 185 g/mol. The van der Waals surface area contributed by atoms with Crippen molar-refractivity contribution in [3.8, 4) is 0 Å². The van der Waals surface area contributed by atoms with Gasteiger partial charge in [-0.1, -0.05) is 6.07 Å². The van der Waals surface area contributed by atoms with Crippen molar-refractivity contribution in [2.24, 2.45) is 0 Å². The number of rotatable bonds is 4. The first-order valence-corrected chi connectivity index (χ1v) is 4.38. The SMILES string of the molecule is O=C(NCCCO)c1cccc(F)c1. The summed E-state index contributed by atoms with van der Waals surface area (Å²) in [6.45, 7) is 0.426. The van der Waals surface area contributed by atoms with E-state index in [4.69, 9.17) is 5.11 Å². The molecule has 1 aromatic rings. The highest BCUT2D eigenvalue weighted by Crippen LogP contribution is 2.02. The smallest absolute Gasteiger partial charge is 0.251 e. The van der Waals surface area contributed by atoms with Crippen LogP contribution in [0.1, 0.15) is 16.8 Å². The number of aliphatic hydroxyl groups is 1. The highest BCUT2D eigenvalue weighted by molar-refractivity contribution is 5.94. The summed E-state index contributed by atoms with van der Waals surface area (Å²) in [5.41, 5.74) is 0.294. The average Bonchev–Trinajstić information content (AvgIpc) is 2.18. The Hall–Kier alpha value is -1.42. The highest BCUT2D eigenvalue weighted by atomic mass is 19.1. The van der Waals surface area contributed by atoms with Crippen molar-refractivity contribution in [2.75, 3.05) is 13.2 Å². The number of hydrogen-bond acceptors (Lipinski definition) is 2. The monoisotopic (exact) mass is 197 g/mol. The molecule has 0 radical (unpaired) electrons. The van der Waals surface area contributed by atoms with Gasteiger partial charge in [0.15, 0.2) is 0 Å². The Balaban J connectivity index is 2.52. The maximum Gasteiger partial charge on any atom is 0.251 e. The lowest BCUT2D eigenvalue weighted by Crippen LogP contribution is -2.25. The van der Waals surface area contributed by atoms with Crippen molar-refractivity contribution in [1.29, 1.82) is 0 Å². The average molecular weight is 197 g/mol. The van der Waals surface area contributed by atoms with E-state index in [1.54, 1.807) is 0 Å². The van der Waals surface area contributed by atoms with Gasteiger partial charge < -0.3 is 10.4 Å². The van der Waals surface area contributed by atoms with E-state index >= 15 is 0 Å². The number of nitrogens with one attached hydrogen (secondary N) is 1. The van der Waals surface area contributed by atoms with Gasteiger partial charge in [0.2, 0.25) is 0 Å². The van der Waals surface area contributed by atoms with Crippen LogP contribution in [-0.2, 0) is 0 Å². The van der Waals surface area contributed by atoms with Crippen LogP contribution in [0.3, 0.4) is 0 Å². The van der Waals surface area contributed by atoms with Gasteiger partial charge in [-0.2, -0.15) is 0 Å². The third-order valence-corrected chi connectivity index (χ3v) is 1.71. The minimum atomic E-state index is -0.431. The topological polar surface area (TPSA) is 49.3 Å². The number of benzene rings is 1. The van der Waals surface area contributed by atoms with E-state index in [9.17, 15) is 9.18 Å². The van der Waals surface area contributed by atoms with Gasteiger partial charge in [0.25, 0.3) is 5.91 Å². The number of carbonyl (C=O) groups excluding carboxylic acids is 1. The van der Waals surface area contributed by atoms with Gasteiger partial charge in [0.05, 0.1) is 0 Å². The van der Waals surface area contributed by atoms with E-state index < -0.39 is 5.82 Å². The molecule has 0 atom stereocenters. The van der Waals surface area contributed by atoms with Gasteiger partial charge in [0, 0.05) is 18.7 Å². The summed E-state index contributed by atoms with van der Waals surface area (Å²) in [7, 11) is 0. The molecule has 0 aliphatic carbocycles. The van der Waals surface area contributed by atoms with E-state index in [1.807, 2.05) is 0 Å². The van der Waals surface area contributed by atoms with Crippen molar-refractivity contribution in [1.82, 2.24) is 5.32 Å². The van der Waals surface area contributed by atoms with E-state index in [-0.39, 0.29) is 12.5 Å². The van der Waals surface area contributed by atoms with E-state index in [0.717, 1.165) is 0 Å². The Morgan fingerprint density at radius 2 is 2.29 bits per heavy atom. The first-order valence-electron chi connectivity index (χ1n) is 4.38. The van der Waals surface area contributed by atoms with Crippen molar-refractivity contribution in [3.63, 3.8) is 0 Å². The number of amides is 1. The molecule has 1 rings (SSSR count). The Bertz CT molecular complexity index is 315. The lowest BCUT2D eigenvalue weighted by Gasteiger charge is -2.03. The maximum atomic E-state index is 12.7. The van der Waals surface area contributed by atoms with Crippen LogP contribution in [0, 0.1) is 5.82 Å². The minimum Gasteiger partial charge on any atom is -0.396 e. The van der Waals surface area contributed by atoms with Crippen molar-refractivity contribution >= 4 is 5.91 Å². The quantitative estimate of drug-likeness (QED) is 0.706. The van der Waals surface area contributed by atoms with Crippen molar-refractivity contribution in [2.45, 2.75) is 6.42 Å². The molecule has 4 heteroatoms. The second kappa shape index (κ2) is 5.34. The largest absolute Gasteiger partial charge is 0.396 e. The number of halogens is 1. The molecule has 1 aromatic carbocycles. The van der Waals surface area contributed by atoms with Gasteiger partial charge >= 0.3 is 0 Å². The van der Waals surface area contributed by atoms with Crippen molar-refractivity contribution in [3.05, 3.63) is 35.6 Å². The molecule has 0 unspecified atom stereocenters. The Kier molecular flexibility index (Phi) is 4.07. The fourth-order valence-electron chi connectivity index (χ4n) is 1.01. The van der Waals surface area contributed by atoms with Gasteiger partial charge in [-0.05, 0) is 24.6 Å². The molecule has 2 N–H and O–H groups in total. The molecule has 0 aromatic heterocycles. The standard InChI is InChI=1S/C10H12FNO2/c11-9-4-1-3-8(7-9)10(14)12-5-2-6-13/h1,3-4,7,13H,2,5-6H2,(H,12,14). The summed E-state index contributed by atoms with van der Waals surface area (Å²) < 4.78 is 12.7. The second-order valence-corrected chi connectivity index (χ2v) is 2.84. The predicted molar refractivity (Wildman–Crippen MR) is 50.4 cm³/mol. The molecular formula is C10H12FNO2. The van der Waals surface area contributed by atoms with Crippen LogP contribution < -0.4 is 5.32 Å². The number of carbonyl (C=O) groups is 1. The summed E-state index contributed by atoms with van der Waals surface area (Å²) in [6.07, 6.45) is 0.501. The van der Waals surface area contributed by atoms with E-state index in [2.05, 4.69) is 5.32 Å². The number of hydrogen-bond donors (Lipinski definition) is 2. The maximum absolute atomic E-state index is 12.7. The van der Waals surface area contributed by atoms with Crippen LogP contribution in [0.2, 0.25) is 0 Å². The van der Waals surface area contributed by atoms with Gasteiger partial charge in [-0.15, -0.1) is 0 Å². The molecule has 0 heterocycles. The summed E-state index contributed by atoms with van der Waals surface area (Å²) in [5.74, 6) is -0.752. The Labute approximate surface area is 81.6 Å². The third-order valence-electron chi connectivity index (χ3n) is 1.71. The summed E-state index contributed by atoms with van der Waals surface area (Å²) in [4.78, 5) is 11.3. The zero-order valence-corrected chi connectivity index (χ0v) is 7.66. The summed E-state index contributed by atoms with van der Waals surface area (Å²) in [5, 5.41) is 11.0. The molecule has 0 spiro atoms. The van der Waals surface area contributed by atoms with Crippen molar-refractivity contribution < 1.29 is 14.3 Å². The second-order valence-electron chi connectivity index (χ2n) is 2.84. The molecule has 0 aliphatic rings. The van der Waals surface area contributed by atoms with Gasteiger partial charge in [0.1, 0.15) is 5.82 Å². The molecule has 3 nitrogen and oxygen atoms in total. The van der Waals surface area contributed by atoms with Crippen LogP contribution in [-0.4, -0.2) is 24.2 Å².